The van der Waals surface area contributed by atoms with Crippen LogP contribution in [0.5, 0.6) is 0 Å². The fourth-order valence-corrected chi connectivity index (χ4v) is 2.81. The van der Waals surface area contributed by atoms with E-state index in [0.29, 0.717) is 0 Å². The zero-order chi connectivity index (χ0) is 15.0. The van der Waals surface area contributed by atoms with E-state index in [0.717, 1.165) is 35.0 Å². The van der Waals surface area contributed by atoms with Crippen LogP contribution >= 0.6 is 0 Å². The Balaban J connectivity index is 2.46. The van der Waals surface area contributed by atoms with Crippen molar-refractivity contribution in [2.75, 3.05) is 0 Å². The van der Waals surface area contributed by atoms with Gasteiger partial charge in [-0.25, -0.2) is 0 Å². The molecule has 0 saturated carbocycles. The van der Waals surface area contributed by atoms with Gasteiger partial charge in [-0.2, -0.15) is 0 Å². The quantitative estimate of drug-likeness (QED) is 0.628. The smallest absolute Gasteiger partial charge is 0.0970 e. The Morgan fingerprint density at radius 3 is 2.57 bits per heavy atom. The largest absolute Gasteiger partial charge is 0.254 e. The van der Waals surface area contributed by atoms with Gasteiger partial charge in [-0.05, 0) is 36.0 Å². The predicted molar refractivity (Wildman–Crippen MR) is 89.7 cm³/mol. The van der Waals surface area contributed by atoms with Gasteiger partial charge in [0.15, 0.2) is 0 Å². The maximum atomic E-state index is 4.87. The third kappa shape index (κ3) is 2.29. The molecule has 2 heteroatoms. The van der Waals surface area contributed by atoms with E-state index in [1.54, 1.807) is 0 Å². The first-order valence-corrected chi connectivity index (χ1v) is 7.74. The van der Waals surface area contributed by atoms with E-state index in [4.69, 9.17) is 4.98 Å². The van der Waals surface area contributed by atoms with Gasteiger partial charge in [0.1, 0.15) is 0 Å². The summed E-state index contributed by atoms with van der Waals surface area (Å²) in [7, 11) is 0. The van der Waals surface area contributed by atoms with Crippen molar-refractivity contribution in [3.05, 3.63) is 47.8 Å². The molecule has 0 unspecified atom stereocenters. The van der Waals surface area contributed by atoms with Crippen molar-refractivity contribution in [3.63, 3.8) is 0 Å². The van der Waals surface area contributed by atoms with Crippen LogP contribution in [0.1, 0.15) is 45.4 Å². The Hall–Kier alpha value is -1.96. The first kappa shape index (κ1) is 14.0. The highest BCUT2D eigenvalue weighted by Crippen LogP contribution is 2.35. The number of pyridine rings is 2. The maximum absolute atomic E-state index is 4.87. The van der Waals surface area contributed by atoms with Crippen LogP contribution in [-0.4, -0.2) is 9.97 Å². The van der Waals surface area contributed by atoms with Crippen molar-refractivity contribution in [1.29, 1.82) is 0 Å². The van der Waals surface area contributed by atoms with Crippen LogP contribution in [0, 0.1) is 0 Å². The van der Waals surface area contributed by atoms with Crippen molar-refractivity contribution in [2.45, 2.75) is 46.0 Å². The minimum atomic E-state index is 0.146. The average Bonchev–Trinajstić information content (AvgIpc) is 2.53. The Morgan fingerprint density at radius 2 is 1.86 bits per heavy atom. The minimum Gasteiger partial charge on any atom is -0.254 e. The third-order valence-electron chi connectivity index (χ3n) is 4.58. The standard InChI is InChI=1S/C19H22N2/c1-5-14-12-16(19(3,4)6-2)15-10-9-13-8-7-11-20-17(13)18(15)21-14/h7-12H,5-6H2,1-4H3. The van der Waals surface area contributed by atoms with Crippen molar-refractivity contribution >= 4 is 21.8 Å². The fourth-order valence-electron chi connectivity index (χ4n) is 2.81. The molecule has 21 heavy (non-hydrogen) atoms. The SMILES string of the molecule is CCc1cc(C(C)(C)CC)c2ccc3cccnc3c2n1. The van der Waals surface area contributed by atoms with Crippen LogP contribution < -0.4 is 0 Å². The molecular weight excluding hydrogens is 256 g/mol. The van der Waals surface area contributed by atoms with E-state index < -0.39 is 0 Å². The van der Waals surface area contributed by atoms with Crippen molar-refractivity contribution < 1.29 is 0 Å². The lowest BCUT2D eigenvalue weighted by Gasteiger charge is -2.26. The minimum absolute atomic E-state index is 0.146. The van der Waals surface area contributed by atoms with Gasteiger partial charge in [-0.15, -0.1) is 0 Å². The van der Waals surface area contributed by atoms with Crippen LogP contribution in [0.4, 0.5) is 0 Å². The molecule has 0 spiro atoms. The van der Waals surface area contributed by atoms with E-state index in [9.17, 15) is 0 Å². The third-order valence-corrected chi connectivity index (χ3v) is 4.58. The average molecular weight is 278 g/mol. The first-order valence-electron chi connectivity index (χ1n) is 7.74. The zero-order valence-corrected chi connectivity index (χ0v) is 13.3. The van der Waals surface area contributed by atoms with Crippen LogP contribution in [0.25, 0.3) is 21.8 Å². The van der Waals surface area contributed by atoms with Crippen LogP contribution in [0.15, 0.2) is 36.5 Å². The second kappa shape index (κ2) is 5.10. The monoisotopic (exact) mass is 278 g/mol. The molecule has 3 rings (SSSR count). The molecule has 2 heterocycles. The zero-order valence-electron chi connectivity index (χ0n) is 13.3. The summed E-state index contributed by atoms with van der Waals surface area (Å²) in [5.74, 6) is 0. The number of hydrogen-bond acceptors (Lipinski definition) is 2. The van der Waals surface area contributed by atoms with Crippen LogP contribution in [0.3, 0.4) is 0 Å². The lowest BCUT2D eigenvalue weighted by molar-refractivity contribution is 0.509. The molecule has 0 aliphatic carbocycles. The number of hydrogen-bond donors (Lipinski definition) is 0. The molecule has 108 valence electrons. The fraction of sp³-hybridized carbons (Fsp3) is 0.368. The molecule has 2 nitrogen and oxygen atoms in total. The Labute approximate surface area is 126 Å². The van der Waals surface area contributed by atoms with Gasteiger partial charge in [0.25, 0.3) is 0 Å². The number of rotatable bonds is 3. The molecule has 0 radical (unpaired) electrons. The summed E-state index contributed by atoms with van der Waals surface area (Å²) in [4.78, 5) is 9.44. The highest BCUT2D eigenvalue weighted by Gasteiger charge is 2.22. The maximum Gasteiger partial charge on any atom is 0.0970 e. The van der Waals surface area contributed by atoms with Gasteiger partial charge < -0.3 is 0 Å². The van der Waals surface area contributed by atoms with Crippen LogP contribution in [-0.2, 0) is 11.8 Å². The lowest BCUT2D eigenvalue weighted by Crippen LogP contribution is -2.17. The Kier molecular flexibility index (Phi) is 3.40. The van der Waals surface area contributed by atoms with Gasteiger partial charge in [0, 0.05) is 22.7 Å². The highest BCUT2D eigenvalue weighted by molar-refractivity contribution is 6.04. The number of nitrogens with zero attached hydrogens (tertiary/aromatic N) is 2. The topological polar surface area (TPSA) is 25.8 Å². The Bertz CT molecular complexity index is 803. The molecule has 0 atom stereocenters. The lowest BCUT2D eigenvalue weighted by atomic mass is 9.80. The molecule has 0 N–H and O–H groups in total. The second-order valence-electron chi connectivity index (χ2n) is 6.29. The Morgan fingerprint density at radius 1 is 1.05 bits per heavy atom. The van der Waals surface area contributed by atoms with E-state index in [2.05, 4.69) is 56.9 Å². The second-order valence-corrected chi connectivity index (χ2v) is 6.29. The van der Waals surface area contributed by atoms with E-state index >= 15 is 0 Å². The van der Waals surface area contributed by atoms with Gasteiger partial charge in [0.2, 0.25) is 0 Å². The van der Waals surface area contributed by atoms with Crippen molar-refractivity contribution in [3.8, 4) is 0 Å². The van der Waals surface area contributed by atoms with E-state index in [1.807, 2.05) is 12.3 Å². The molecule has 0 bridgehead atoms. The van der Waals surface area contributed by atoms with Gasteiger partial charge in [-0.1, -0.05) is 45.9 Å². The number of aryl methyl sites for hydroxylation is 1. The highest BCUT2D eigenvalue weighted by atomic mass is 14.8. The first-order chi connectivity index (χ1) is 10.1. The van der Waals surface area contributed by atoms with Gasteiger partial charge in [-0.3, -0.25) is 9.97 Å². The predicted octanol–water partition coefficient (Wildman–Crippen LogP) is 5.03. The normalized spacial score (nSPS) is 12.2. The molecule has 2 aromatic heterocycles. The summed E-state index contributed by atoms with van der Waals surface area (Å²) in [5.41, 5.74) is 4.74. The van der Waals surface area contributed by atoms with E-state index in [1.165, 1.54) is 10.9 Å². The number of aromatic nitrogens is 2. The summed E-state index contributed by atoms with van der Waals surface area (Å²) >= 11 is 0. The number of fused-ring (bicyclic) bond motifs is 3. The van der Waals surface area contributed by atoms with Crippen molar-refractivity contribution in [1.82, 2.24) is 9.97 Å². The number of benzene rings is 1. The van der Waals surface area contributed by atoms with Gasteiger partial charge >= 0.3 is 0 Å². The molecule has 0 amide bonds. The summed E-state index contributed by atoms with van der Waals surface area (Å²) in [6.45, 7) is 9.03. The molecule has 0 fully saturated rings. The molecule has 0 aliphatic rings. The summed E-state index contributed by atoms with van der Waals surface area (Å²) in [6, 6.07) is 10.7. The van der Waals surface area contributed by atoms with Crippen molar-refractivity contribution in [2.24, 2.45) is 0 Å². The molecule has 3 aromatic rings. The molecule has 0 saturated heterocycles. The molecular formula is C19H22N2. The van der Waals surface area contributed by atoms with Gasteiger partial charge in [0.05, 0.1) is 11.0 Å². The molecule has 1 aromatic carbocycles. The van der Waals surface area contributed by atoms with Crippen LogP contribution in [0.2, 0.25) is 0 Å². The van der Waals surface area contributed by atoms with E-state index in [-0.39, 0.29) is 5.41 Å². The summed E-state index contributed by atoms with van der Waals surface area (Å²) < 4.78 is 0. The molecule has 0 aliphatic heterocycles. The summed E-state index contributed by atoms with van der Waals surface area (Å²) in [5, 5.41) is 2.40. The summed E-state index contributed by atoms with van der Waals surface area (Å²) in [6.07, 6.45) is 3.91.